The molecule has 0 rings (SSSR count). The molecule has 0 radical (unpaired) electrons. The van der Waals surface area contributed by atoms with Crippen LogP contribution >= 0.6 is 23.4 Å². The molecule has 0 atom stereocenters. The molecule has 0 aromatic rings. The fraction of sp³-hybridized carbons (Fsp3) is 0.667. The zero-order valence-corrected chi connectivity index (χ0v) is 7.48. The minimum atomic E-state index is -4.38. The van der Waals surface area contributed by atoms with Crippen LogP contribution in [0.3, 0.4) is 0 Å². The summed E-state index contributed by atoms with van der Waals surface area (Å²) in [4.78, 5) is 0. The van der Waals surface area contributed by atoms with Crippen molar-refractivity contribution in [3.05, 3.63) is 11.1 Å². The quantitative estimate of drug-likeness (QED) is 0.635. The standard InChI is InChI=1S/C6H8ClF3S/c1-2-11-4-3-5(7)6(8,9)10/h3H,2,4H2,1H3/b5-3-. The molecule has 0 aliphatic carbocycles. The summed E-state index contributed by atoms with van der Waals surface area (Å²) in [6, 6.07) is 0. The van der Waals surface area contributed by atoms with E-state index in [1.807, 2.05) is 6.92 Å². The molecule has 0 saturated carbocycles. The minimum Gasteiger partial charge on any atom is -0.165 e. The summed E-state index contributed by atoms with van der Waals surface area (Å²) in [7, 11) is 0. The molecule has 0 amide bonds. The van der Waals surface area contributed by atoms with Crippen LogP contribution in [0.4, 0.5) is 13.2 Å². The smallest absolute Gasteiger partial charge is 0.165 e. The van der Waals surface area contributed by atoms with Crippen LogP contribution in [-0.2, 0) is 0 Å². The number of thioether (sulfide) groups is 1. The molecule has 0 nitrogen and oxygen atoms in total. The predicted octanol–water partition coefficient (Wildman–Crippen LogP) is 3.42. The van der Waals surface area contributed by atoms with E-state index in [1.54, 1.807) is 0 Å². The monoisotopic (exact) mass is 204 g/mol. The number of halogens is 4. The minimum absolute atomic E-state index is 0.314. The van der Waals surface area contributed by atoms with Gasteiger partial charge in [-0.05, 0) is 5.75 Å². The Hall–Kier alpha value is 0.170. The number of rotatable bonds is 3. The molecule has 11 heavy (non-hydrogen) atoms. The summed E-state index contributed by atoms with van der Waals surface area (Å²) < 4.78 is 35.0. The topological polar surface area (TPSA) is 0 Å². The second-order valence-corrected chi connectivity index (χ2v) is 3.44. The van der Waals surface area contributed by atoms with Crippen LogP contribution in [0.1, 0.15) is 6.92 Å². The van der Waals surface area contributed by atoms with Crippen LogP contribution in [-0.4, -0.2) is 17.7 Å². The fourth-order valence-electron chi connectivity index (χ4n) is 0.366. The van der Waals surface area contributed by atoms with Gasteiger partial charge in [0.25, 0.3) is 0 Å². The normalized spacial score (nSPS) is 13.7. The third-order valence-electron chi connectivity index (χ3n) is 0.855. The second-order valence-electron chi connectivity index (χ2n) is 1.71. The zero-order chi connectivity index (χ0) is 8.91. The fourth-order valence-corrected chi connectivity index (χ4v) is 1.05. The van der Waals surface area contributed by atoms with Gasteiger partial charge in [0.15, 0.2) is 0 Å². The van der Waals surface area contributed by atoms with Crippen molar-refractivity contribution in [3.8, 4) is 0 Å². The molecular formula is C6H8ClF3S. The summed E-state index contributed by atoms with van der Waals surface area (Å²) in [6.07, 6.45) is -3.40. The van der Waals surface area contributed by atoms with Gasteiger partial charge in [-0.3, -0.25) is 0 Å². The van der Waals surface area contributed by atoms with E-state index in [4.69, 9.17) is 11.6 Å². The molecule has 0 heterocycles. The van der Waals surface area contributed by atoms with Crippen molar-refractivity contribution in [2.45, 2.75) is 13.1 Å². The lowest BCUT2D eigenvalue weighted by Gasteiger charge is -2.02. The van der Waals surface area contributed by atoms with E-state index in [0.717, 1.165) is 11.8 Å². The Morgan fingerprint density at radius 3 is 2.45 bits per heavy atom. The molecule has 0 spiro atoms. The van der Waals surface area contributed by atoms with Gasteiger partial charge in [0, 0.05) is 5.75 Å². The molecule has 0 aliphatic rings. The Balaban J connectivity index is 3.81. The Morgan fingerprint density at radius 2 is 2.09 bits per heavy atom. The van der Waals surface area contributed by atoms with E-state index < -0.39 is 11.2 Å². The van der Waals surface area contributed by atoms with E-state index in [9.17, 15) is 13.2 Å². The van der Waals surface area contributed by atoms with E-state index in [2.05, 4.69) is 0 Å². The highest BCUT2D eigenvalue weighted by Crippen LogP contribution is 2.28. The molecule has 0 N–H and O–H groups in total. The molecule has 0 saturated heterocycles. The van der Waals surface area contributed by atoms with E-state index in [1.165, 1.54) is 11.8 Å². The average Bonchev–Trinajstić information content (AvgIpc) is 1.86. The highest BCUT2D eigenvalue weighted by atomic mass is 35.5. The van der Waals surface area contributed by atoms with Gasteiger partial charge in [-0.25, -0.2) is 0 Å². The van der Waals surface area contributed by atoms with Crippen LogP contribution < -0.4 is 0 Å². The lowest BCUT2D eigenvalue weighted by molar-refractivity contribution is -0.0846. The van der Waals surface area contributed by atoms with E-state index in [-0.39, 0.29) is 0 Å². The average molecular weight is 205 g/mol. The van der Waals surface area contributed by atoms with Gasteiger partial charge in [0.2, 0.25) is 0 Å². The maximum absolute atomic E-state index is 11.7. The van der Waals surface area contributed by atoms with Gasteiger partial charge in [0.05, 0.1) is 0 Å². The van der Waals surface area contributed by atoms with E-state index >= 15 is 0 Å². The summed E-state index contributed by atoms with van der Waals surface area (Å²) >= 11 is 6.31. The lowest BCUT2D eigenvalue weighted by atomic mass is 10.5. The molecule has 0 fully saturated rings. The van der Waals surface area contributed by atoms with Crippen LogP contribution in [0.2, 0.25) is 0 Å². The first-order valence-corrected chi connectivity index (χ1v) is 4.52. The zero-order valence-electron chi connectivity index (χ0n) is 5.91. The maximum atomic E-state index is 11.7. The van der Waals surface area contributed by atoms with Crippen LogP contribution in [0, 0.1) is 0 Å². The van der Waals surface area contributed by atoms with Gasteiger partial charge >= 0.3 is 6.18 Å². The largest absolute Gasteiger partial charge is 0.426 e. The SMILES string of the molecule is CCSC/C=C(\Cl)C(F)(F)F. The summed E-state index contributed by atoms with van der Waals surface area (Å²) in [5.41, 5.74) is 0. The third-order valence-corrected chi connectivity index (χ3v) is 2.03. The lowest BCUT2D eigenvalue weighted by Crippen LogP contribution is -2.07. The van der Waals surface area contributed by atoms with Crippen LogP contribution in [0.15, 0.2) is 11.1 Å². The third kappa shape index (κ3) is 5.44. The molecule has 5 heteroatoms. The van der Waals surface area contributed by atoms with Crippen molar-refractivity contribution in [3.63, 3.8) is 0 Å². The van der Waals surface area contributed by atoms with Gasteiger partial charge < -0.3 is 0 Å². The van der Waals surface area contributed by atoms with E-state index in [0.29, 0.717) is 5.75 Å². The molecular weight excluding hydrogens is 197 g/mol. The van der Waals surface area contributed by atoms with Crippen molar-refractivity contribution in [2.24, 2.45) is 0 Å². The Bertz CT molecular complexity index is 141. The summed E-state index contributed by atoms with van der Waals surface area (Å²) in [5.74, 6) is 1.10. The van der Waals surface area contributed by atoms with Gasteiger partial charge in [0.1, 0.15) is 5.03 Å². The van der Waals surface area contributed by atoms with Crippen molar-refractivity contribution >= 4 is 23.4 Å². The van der Waals surface area contributed by atoms with Gasteiger partial charge in [-0.1, -0.05) is 24.6 Å². The molecule has 66 valence electrons. The van der Waals surface area contributed by atoms with Crippen molar-refractivity contribution < 1.29 is 13.2 Å². The Kier molecular flexibility index (Phi) is 5.01. The van der Waals surface area contributed by atoms with Gasteiger partial charge in [-0.15, -0.1) is 0 Å². The summed E-state index contributed by atoms with van der Waals surface area (Å²) in [5, 5.41) is -1.03. The number of allylic oxidation sites excluding steroid dienone is 1. The number of hydrogen-bond acceptors (Lipinski definition) is 1. The highest BCUT2D eigenvalue weighted by Gasteiger charge is 2.31. The Labute approximate surface area is 72.8 Å². The Morgan fingerprint density at radius 1 is 1.55 bits per heavy atom. The van der Waals surface area contributed by atoms with Crippen LogP contribution in [0.5, 0.6) is 0 Å². The summed E-state index contributed by atoms with van der Waals surface area (Å²) in [6.45, 7) is 1.88. The highest BCUT2D eigenvalue weighted by molar-refractivity contribution is 7.99. The van der Waals surface area contributed by atoms with Crippen molar-refractivity contribution in [1.82, 2.24) is 0 Å². The predicted molar refractivity (Wildman–Crippen MR) is 43.0 cm³/mol. The van der Waals surface area contributed by atoms with Crippen molar-refractivity contribution in [1.29, 1.82) is 0 Å². The number of alkyl halides is 3. The molecule has 0 aliphatic heterocycles. The molecule has 0 bridgehead atoms. The second kappa shape index (κ2) is 4.93. The molecule has 0 aromatic heterocycles. The number of hydrogen-bond donors (Lipinski definition) is 0. The first-order chi connectivity index (χ1) is 4.98. The first-order valence-electron chi connectivity index (χ1n) is 2.99. The first kappa shape index (κ1) is 11.2. The maximum Gasteiger partial charge on any atom is 0.426 e. The molecule has 0 aromatic carbocycles. The van der Waals surface area contributed by atoms with Crippen molar-refractivity contribution in [2.75, 3.05) is 11.5 Å². The molecule has 0 unspecified atom stereocenters. The van der Waals surface area contributed by atoms with Gasteiger partial charge in [-0.2, -0.15) is 24.9 Å². The van der Waals surface area contributed by atoms with Crippen LogP contribution in [0.25, 0.3) is 0 Å².